The van der Waals surface area contributed by atoms with Crippen LogP contribution in [0.5, 0.6) is 0 Å². The van der Waals surface area contributed by atoms with Crippen molar-refractivity contribution in [1.82, 2.24) is 0 Å². The number of rotatable bonds is 4. The molecule has 0 radical (unpaired) electrons. The standard InChI is InChI=1S/C27H48N2O/c1-17(7-10-23(28)29)18-11-15-27(6)20-8-9-21-24(2,3)22(30)13-14-25(21,4)19(20)12-16-26(18,27)5/h17-18,21-23,30H,7-16,28-29H2,1-6H3/p+1/t17-,18-,21+,22+,25-,26-,27+/m1/s1. The molecule has 3 heteroatoms. The zero-order valence-corrected chi connectivity index (χ0v) is 20.7. The van der Waals surface area contributed by atoms with E-state index in [1.807, 2.05) is 11.1 Å². The molecule has 4 rings (SSSR count). The van der Waals surface area contributed by atoms with Crippen molar-refractivity contribution in [2.75, 3.05) is 0 Å². The van der Waals surface area contributed by atoms with Crippen molar-refractivity contribution in [2.24, 2.45) is 45.1 Å². The van der Waals surface area contributed by atoms with Gasteiger partial charge in [0.1, 0.15) is 6.17 Å². The highest BCUT2D eigenvalue weighted by Gasteiger charge is 2.63. The third kappa shape index (κ3) is 3.01. The molecule has 1 unspecified atom stereocenters. The molecule has 172 valence electrons. The Labute approximate surface area is 185 Å². The summed E-state index contributed by atoms with van der Waals surface area (Å²) < 4.78 is 0. The summed E-state index contributed by atoms with van der Waals surface area (Å²) in [6.07, 6.45) is 12.3. The van der Waals surface area contributed by atoms with Gasteiger partial charge in [-0.15, -0.1) is 0 Å². The maximum absolute atomic E-state index is 10.8. The van der Waals surface area contributed by atoms with Gasteiger partial charge in [0.2, 0.25) is 0 Å². The predicted octanol–water partition coefficient (Wildman–Crippen LogP) is 5.04. The fraction of sp³-hybridized carbons (Fsp3) is 0.926. The lowest BCUT2D eigenvalue weighted by molar-refractivity contribution is -0.420. The van der Waals surface area contributed by atoms with Crippen molar-refractivity contribution in [3.63, 3.8) is 0 Å². The Kier molecular flexibility index (Phi) is 5.56. The van der Waals surface area contributed by atoms with Crippen molar-refractivity contribution in [3.05, 3.63) is 11.1 Å². The second kappa shape index (κ2) is 7.32. The lowest BCUT2D eigenvalue weighted by atomic mass is 9.43. The van der Waals surface area contributed by atoms with E-state index in [9.17, 15) is 5.11 Å². The Morgan fingerprint density at radius 1 is 0.967 bits per heavy atom. The minimum atomic E-state index is -0.140. The van der Waals surface area contributed by atoms with Gasteiger partial charge in [-0.05, 0) is 97.2 Å². The van der Waals surface area contributed by atoms with Crippen LogP contribution < -0.4 is 11.5 Å². The highest BCUT2D eigenvalue weighted by atomic mass is 16.3. The van der Waals surface area contributed by atoms with Gasteiger partial charge >= 0.3 is 0 Å². The molecule has 0 aromatic carbocycles. The summed E-state index contributed by atoms with van der Waals surface area (Å²) >= 11 is 0. The maximum Gasteiger partial charge on any atom is 0.135 e. The minimum Gasteiger partial charge on any atom is -0.393 e. The molecule has 0 bridgehead atoms. The van der Waals surface area contributed by atoms with E-state index >= 15 is 0 Å². The fourth-order valence-corrected chi connectivity index (χ4v) is 9.31. The quantitative estimate of drug-likeness (QED) is 0.443. The molecule has 3 nitrogen and oxygen atoms in total. The average Bonchev–Trinajstić information content (AvgIpc) is 2.95. The number of quaternary nitrogens is 1. The normalized spacial score (nSPS) is 47.3. The molecule has 6 N–H and O–H groups in total. The second-order valence-corrected chi connectivity index (χ2v) is 13.1. The predicted molar refractivity (Wildman–Crippen MR) is 124 cm³/mol. The fourth-order valence-electron chi connectivity index (χ4n) is 9.31. The largest absolute Gasteiger partial charge is 0.393 e. The Morgan fingerprint density at radius 3 is 2.33 bits per heavy atom. The van der Waals surface area contributed by atoms with Crippen molar-refractivity contribution >= 4 is 0 Å². The van der Waals surface area contributed by atoms with Crippen LogP contribution in [0, 0.1) is 39.4 Å². The number of nitrogens with two attached hydrogens (primary N) is 1. The first-order chi connectivity index (χ1) is 13.9. The van der Waals surface area contributed by atoms with Crippen LogP contribution in [-0.4, -0.2) is 17.4 Å². The first-order valence-corrected chi connectivity index (χ1v) is 12.9. The average molecular weight is 418 g/mol. The van der Waals surface area contributed by atoms with Crippen LogP contribution in [0.1, 0.15) is 106 Å². The molecule has 0 amide bonds. The van der Waals surface area contributed by atoms with E-state index in [0.717, 1.165) is 24.7 Å². The number of hydrogen-bond donors (Lipinski definition) is 3. The summed E-state index contributed by atoms with van der Waals surface area (Å²) in [6.45, 7) is 15.0. The minimum absolute atomic E-state index is 0.0346. The van der Waals surface area contributed by atoms with Gasteiger partial charge in [0.05, 0.1) is 6.10 Å². The molecule has 4 aliphatic carbocycles. The molecule has 2 saturated carbocycles. The van der Waals surface area contributed by atoms with Gasteiger partial charge < -0.3 is 10.8 Å². The molecular weight excluding hydrogens is 368 g/mol. The molecule has 0 heterocycles. The molecule has 8 atom stereocenters. The van der Waals surface area contributed by atoms with Crippen LogP contribution in [0.25, 0.3) is 0 Å². The van der Waals surface area contributed by atoms with E-state index in [4.69, 9.17) is 5.73 Å². The maximum atomic E-state index is 10.8. The number of aliphatic hydroxyl groups is 1. The Bertz CT molecular complexity index is 712. The summed E-state index contributed by atoms with van der Waals surface area (Å²) in [5, 5.41) is 10.8. The molecule has 0 aliphatic heterocycles. The molecular formula is C27H49N2O+. The Balaban J connectivity index is 1.67. The number of aliphatic hydroxyl groups excluding tert-OH is 1. The zero-order chi connectivity index (χ0) is 22.1. The lowest BCUT2D eigenvalue weighted by Gasteiger charge is -2.62. The highest BCUT2D eigenvalue weighted by Crippen LogP contribution is 2.72. The molecule has 30 heavy (non-hydrogen) atoms. The first-order valence-electron chi connectivity index (χ1n) is 12.9. The van der Waals surface area contributed by atoms with E-state index in [0.29, 0.717) is 22.2 Å². The third-order valence-electron chi connectivity index (χ3n) is 11.5. The second-order valence-electron chi connectivity index (χ2n) is 13.1. The summed E-state index contributed by atoms with van der Waals surface area (Å²) in [5.41, 5.74) is 14.8. The zero-order valence-electron chi connectivity index (χ0n) is 20.7. The van der Waals surface area contributed by atoms with Gasteiger partial charge in [-0.25, -0.2) is 0 Å². The van der Waals surface area contributed by atoms with E-state index < -0.39 is 0 Å². The summed E-state index contributed by atoms with van der Waals surface area (Å²) in [6, 6.07) is 0. The molecule has 0 aromatic heterocycles. The van der Waals surface area contributed by atoms with Gasteiger partial charge in [0, 0.05) is 6.42 Å². The van der Waals surface area contributed by atoms with E-state index in [1.54, 1.807) is 0 Å². The number of allylic oxidation sites excluding steroid dienone is 2. The van der Waals surface area contributed by atoms with Crippen LogP contribution in [0.2, 0.25) is 0 Å². The molecule has 0 spiro atoms. The Hall–Kier alpha value is -0.380. The van der Waals surface area contributed by atoms with E-state index in [-0.39, 0.29) is 17.7 Å². The highest BCUT2D eigenvalue weighted by molar-refractivity contribution is 5.38. The van der Waals surface area contributed by atoms with Crippen LogP contribution in [-0.2, 0) is 0 Å². The van der Waals surface area contributed by atoms with Gasteiger partial charge in [0.25, 0.3) is 0 Å². The van der Waals surface area contributed by atoms with Crippen LogP contribution in [0.15, 0.2) is 11.1 Å². The summed E-state index contributed by atoms with van der Waals surface area (Å²) in [5.74, 6) is 2.17. The topological polar surface area (TPSA) is 73.9 Å². The van der Waals surface area contributed by atoms with E-state index in [1.165, 1.54) is 51.4 Å². The van der Waals surface area contributed by atoms with Crippen molar-refractivity contribution in [2.45, 2.75) is 118 Å². The monoisotopic (exact) mass is 417 g/mol. The van der Waals surface area contributed by atoms with E-state index in [2.05, 4.69) is 47.3 Å². The van der Waals surface area contributed by atoms with Crippen LogP contribution in [0.4, 0.5) is 0 Å². The lowest BCUT2D eigenvalue weighted by Crippen LogP contribution is -2.66. The van der Waals surface area contributed by atoms with Crippen LogP contribution >= 0.6 is 0 Å². The summed E-state index contributed by atoms with van der Waals surface area (Å²) in [7, 11) is 0. The molecule has 2 fully saturated rings. The molecule has 4 aliphatic rings. The van der Waals surface area contributed by atoms with Gasteiger partial charge in [-0.1, -0.05) is 52.7 Å². The SMILES string of the molecule is C[C@H](CCC(N)[NH3+])[C@H]1CC[C@@]2(C)C3=C(CC[C@]12C)[C@@]1(C)CC[C@H](O)C(C)(C)[C@@H]1CC3. The molecule has 0 aromatic rings. The van der Waals surface area contributed by atoms with Crippen LogP contribution in [0.3, 0.4) is 0 Å². The van der Waals surface area contributed by atoms with Gasteiger partial charge in [0.15, 0.2) is 0 Å². The smallest absolute Gasteiger partial charge is 0.135 e. The number of hydrogen-bond acceptors (Lipinski definition) is 2. The third-order valence-corrected chi connectivity index (χ3v) is 11.5. The summed E-state index contributed by atoms with van der Waals surface area (Å²) in [4.78, 5) is 0. The van der Waals surface area contributed by atoms with Crippen molar-refractivity contribution in [3.8, 4) is 0 Å². The molecule has 0 saturated heterocycles. The first kappa shape index (κ1) is 22.8. The van der Waals surface area contributed by atoms with Crippen molar-refractivity contribution < 1.29 is 10.8 Å². The van der Waals surface area contributed by atoms with Gasteiger partial charge in [-0.2, -0.15) is 0 Å². The van der Waals surface area contributed by atoms with Gasteiger partial charge in [-0.3, -0.25) is 5.73 Å². The van der Waals surface area contributed by atoms with Crippen molar-refractivity contribution in [1.29, 1.82) is 0 Å². The number of fused-ring (bicyclic) bond motifs is 4. The Morgan fingerprint density at radius 2 is 1.67 bits per heavy atom.